The molecule has 1 aliphatic heterocycles. The highest BCUT2D eigenvalue weighted by molar-refractivity contribution is 5.78. The number of amides is 1. The third-order valence-corrected chi connectivity index (χ3v) is 5.92. The molecule has 2 aromatic rings. The van der Waals surface area contributed by atoms with E-state index in [2.05, 4.69) is 9.64 Å². The van der Waals surface area contributed by atoms with Crippen LogP contribution in [0.1, 0.15) is 17.7 Å². The first-order valence-corrected chi connectivity index (χ1v) is 9.96. The Morgan fingerprint density at radius 2 is 2.03 bits per heavy atom. The van der Waals surface area contributed by atoms with Crippen molar-refractivity contribution in [1.82, 2.24) is 9.80 Å². The molecule has 2 heterocycles. The Morgan fingerprint density at radius 3 is 2.70 bits per heavy atom. The van der Waals surface area contributed by atoms with Crippen molar-refractivity contribution in [3.63, 3.8) is 0 Å². The zero-order valence-electron chi connectivity index (χ0n) is 16.6. The van der Waals surface area contributed by atoms with Crippen LogP contribution in [0, 0.1) is 24.2 Å². The summed E-state index contributed by atoms with van der Waals surface area (Å²) in [4.78, 5) is 16.3. The summed E-state index contributed by atoms with van der Waals surface area (Å²) in [7, 11) is 1.77. The van der Waals surface area contributed by atoms with Crippen LogP contribution in [-0.2, 0) is 11.3 Å². The number of piperidine rings is 1. The van der Waals surface area contributed by atoms with E-state index < -0.39 is 6.36 Å². The number of benzene rings is 1. The first-order valence-electron chi connectivity index (χ1n) is 9.96. The van der Waals surface area contributed by atoms with Crippen molar-refractivity contribution in [3.8, 4) is 5.75 Å². The highest BCUT2D eigenvalue weighted by Crippen LogP contribution is 2.54. The predicted octanol–water partition coefficient (Wildman–Crippen LogP) is 3.96. The second kappa shape index (κ2) is 8.34. The van der Waals surface area contributed by atoms with Crippen LogP contribution >= 0.6 is 0 Å². The van der Waals surface area contributed by atoms with Crippen LogP contribution in [0.3, 0.4) is 0 Å². The molecule has 1 amide bonds. The molecule has 0 bridgehead atoms. The molecule has 2 unspecified atom stereocenters. The highest BCUT2D eigenvalue weighted by atomic mass is 19.4. The number of alkyl halides is 3. The fourth-order valence-electron chi connectivity index (χ4n) is 4.36. The van der Waals surface area contributed by atoms with E-state index in [1.807, 2.05) is 12.5 Å². The number of furan rings is 1. The van der Waals surface area contributed by atoms with E-state index in [1.165, 1.54) is 12.1 Å². The van der Waals surface area contributed by atoms with Crippen LogP contribution < -0.4 is 4.74 Å². The summed E-state index contributed by atoms with van der Waals surface area (Å²) >= 11 is 0. The summed E-state index contributed by atoms with van der Waals surface area (Å²) in [6.45, 7) is 2.64. The summed E-state index contributed by atoms with van der Waals surface area (Å²) < 4.78 is 46.3. The van der Waals surface area contributed by atoms with Crippen molar-refractivity contribution in [2.24, 2.45) is 17.8 Å². The van der Waals surface area contributed by atoms with Crippen molar-refractivity contribution >= 4 is 5.91 Å². The van der Waals surface area contributed by atoms with Gasteiger partial charge in [0.05, 0.1) is 19.4 Å². The number of likely N-dealkylation sites (tertiary alicyclic amines) is 1. The molecule has 2 aliphatic rings. The minimum atomic E-state index is -4.68. The SMILES string of the molecule is CN(Cc1ccco1)C(=O)CN1CC2C(C[CH]c3cccc(OC(F)(F)F)c3)C2C1. The Bertz CT molecular complexity index is 857. The smallest absolute Gasteiger partial charge is 0.467 e. The lowest BCUT2D eigenvalue weighted by molar-refractivity contribution is -0.274. The van der Waals surface area contributed by atoms with Gasteiger partial charge in [-0.3, -0.25) is 9.69 Å². The summed E-state index contributed by atoms with van der Waals surface area (Å²) in [6, 6.07) is 9.70. The lowest BCUT2D eigenvalue weighted by atomic mass is 10.0. The van der Waals surface area contributed by atoms with Crippen molar-refractivity contribution in [1.29, 1.82) is 0 Å². The van der Waals surface area contributed by atoms with Gasteiger partial charge in [0.15, 0.2) is 0 Å². The van der Waals surface area contributed by atoms with E-state index in [0.29, 0.717) is 30.8 Å². The van der Waals surface area contributed by atoms with Crippen LogP contribution in [0.2, 0.25) is 0 Å². The fraction of sp³-hybridized carbons (Fsp3) is 0.455. The molecule has 4 rings (SSSR count). The van der Waals surface area contributed by atoms with E-state index >= 15 is 0 Å². The summed E-state index contributed by atoms with van der Waals surface area (Å²) in [6.07, 6.45) is -0.290. The van der Waals surface area contributed by atoms with E-state index in [0.717, 1.165) is 30.8 Å². The lowest BCUT2D eigenvalue weighted by Gasteiger charge is -2.22. The number of hydrogen-bond donors (Lipinski definition) is 0. The van der Waals surface area contributed by atoms with Crippen molar-refractivity contribution in [2.45, 2.75) is 19.3 Å². The Balaban J connectivity index is 1.19. The van der Waals surface area contributed by atoms with Gasteiger partial charge in [-0.1, -0.05) is 12.1 Å². The lowest BCUT2D eigenvalue weighted by Crippen LogP contribution is -2.38. The first-order chi connectivity index (χ1) is 14.3. The normalized spacial score (nSPS) is 23.3. The van der Waals surface area contributed by atoms with E-state index in [9.17, 15) is 18.0 Å². The molecule has 30 heavy (non-hydrogen) atoms. The van der Waals surface area contributed by atoms with Crippen molar-refractivity contribution in [2.75, 3.05) is 26.7 Å². The number of halogens is 3. The van der Waals surface area contributed by atoms with Crippen LogP contribution in [-0.4, -0.2) is 48.8 Å². The zero-order chi connectivity index (χ0) is 21.3. The molecule has 5 nitrogen and oxygen atoms in total. The second-order valence-corrected chi connectivity index (χ2v) is 8.07. The highest BCUT2D eigenvalue weighted by Gasteiger charge is 2.54. The van der Waals surface area contributed by atoms with Gasteiger partial charge < -0.3 is 14.1 Å². The largest absolute Gasteiger partial charge is 0.573 e. The van der Waals surface area contributed by atoms with Crippen molar-refractivity contribution < 1.29 is 27.1 Å². The van der Waals surface area contributed by atoms with Gasteiger partial charge in [0.2, 0.25) is 5.91 Å². The average Bonchev–Trinajstić information content (AvgIpc) is 3.05. The van der Waals surface area contributed by atoms with Crippen LogP contribution in [0.25, 0.3) is 0 Å². The summed E-state index contributed by atoms with van der Waals surface area (Å²) in [5.74, 6) is 2.27. The molecular weight excluding hydrogens is 397 g/mol. The molecule has 8 heteroatoms. The van der Waals surface area contributed by atoms with Crippen LogP contribution in [0.4, 0.5) is 13.2 Å². The third-order valence-electron chi connectivity index (χ3n) is 5.92. The molecule has 0 spiro atoms. The number of carbonyl (C=O) groups excluding carboxylic acids is 1. The quantitative estimate of drug-likeness (QED) is 0.648. The minimum Gasteiger partial charge on any atom is -0.467 e. The predicted molar refractivity (Wildman–Crippen MR) is 103 cm³/mol. The molecule has 1 saturated heterocycles. The van der Waals surface area contributed by atoms with Gasteiger partial charge in [-0.25, -0.2) is 0 Å². The number of carbonyl (C=O) groups is 1. The van der Waals surface area contributed by atoms with Gasteiger partial charge in [-0.2, -0.15) is 0 Å². The van der Waals surface area contributed by atoms with Gasteiger partial charge in [0, 0.05) is 20.1 Å². The number of fused-ring (bicyclic) bond motifs is 1. The fourth-order valence-corrected chi connectivity index (χ4v) is 4.36. The number of rotatable bonds is 8. The zero-order valence-corrected chi connectivity index (χ0v) is 16.6. The third kappa shape index (κ3) is 5.16. The van der Waals surface area contributed by atoms with Gasteiger partial charge in [0.25, 0.3) is 0 Å². The molecule has 1 aromatic carbocycles. The molecule has 0 N–H and O–H groups in total. The monoisotopic (exact) mass is 421 g/mol. The molecular formula is C22H24F3N2O3. The van der Waals surface area contributed by atoms with Gasteiger partial charge in [-0.05, 0) is 60.4 Å². The van der Waals surface area contributed by atoms with E-state index in [-0.39, 0.29) is 11.7 Å². The molecule has 2 atom stereocenters. The first kappa shape index (κ1) is 20.8. The van der Waals surface area contributed by atoms with Crippen LogP contribution in [0.5, 0.6) is 5.75 Å². The number of nitrogens with zero attached hydrogens (tertiary/aromatic N) is 2. The Labute approximate surface area is 173 Å². The number of likely N-dealkylation sites (N-methyl/N-ethyl adjacent to an activating group) is 1. The molecule has 2 fully saturated rings. The minimum absolute atomic E-state index is 0.0669. The van der Waals surface area contributed by atoms with Crippen LogP contribution in [0.15, 0.2) is 47.1 Å². The van der Waals surface area contributed by atoms with Crippen molar-refractivity contribution in [3.05, 3.63) is 60.4 Å². The van der Waals surface area contributed by atoms with E-state index in [1.54, 1.807) is 36.4 Å². The standard InChI is InChI=1S/C22H24F3N2O3/c1-26(11-17-6-3-9-29-17)21(28)14-27-12-19-18(20(19)13-27)8-7-15-4-2-5-16(10-15)30-22(23,24)25/h2-7,9-10,18-20H,8,11-14H2,1H3. The Hall–Kier alpha value is -2.48. The molecule has 1 saturated carbocycles. The number of ether oxygens (including phenoxy) is 1. The molecule has 1 radical (unpaired) electrons. The maximum atomic E-state index is 12.4. The summed E-state index contributed by atoms with van der Waals surface area (Å²) in [5.41, 5.74) is 0.730. The number of hydrogen-bond acceptors (Lipinski definition) is 4. The second-order valence-electron chi connectivity index (χ2n) is 8.07. The molecule has 161 valence electrons. The Morgan fingerprint density at radius 1 is 1.27 bits per heavy atom. The molecule has 1 aromatic heterocycles. The topological polar surface area (TPSA) is 45.9 Å². The molecule has 1 aliphatic carbocycles. The van der Waals surface area contributed by atoms with Gasteiger partial charge in [-0.15, -0.1) is 13.2 Å². The van der Waals surface area contributed by atoms with Gasteiger partial charge >= 0.3 is 6.36 Å². The Kier molecular flexibility index (Phi) is 5.77. The van der Waals surface area contributed by atoms with E-state index in [4.69, 9.17) is 4.42 Å². The maximum absolute atomic E-state index is 12.4. The average molecular weight is 421 g/mol. The summed E-state index contributed by atoms with van der Waals surface area (Å²) in [5, 5.41) is 0. The maximum Gasteiger partial charge on any atom is 0.573 e. The van der Waals surface area contributed by atoms with Gasteiger partial charge in [0.1, 0.15) is 11.5 Å².